The Morgan fingerprint density at radius 2 is 1.97 bits per heavy atom. The molecule has 11 heteroatoms. The number of amides is 1. The molecule has 3 aromatic heterocycles. The molecule has 4 rings (SSSR count). The fraction of sp³-hybridized carbons (Fsp3) is 0.583. The van der Waals surface area contributed by atoms with Crippen molar-refractivity contribution in [1.82, 2.24) is 29.1 Å². The molecule has 0 aromatic carbocycles. The summed E-state index contributed by atoms with van der Waals surface area (Å²) in [7, 11) is 0.676. The Labute approximate surface area is 208 Å². The number of aromatic nitrogens is 5. The smallest absolute Gasteiger partial charge is 0.420 e. The van der Waals surface area contributed by atoms with Gasteiger partial charge >= 0.3 is 6.09 Å². The lowest BCUT2D eigenvalue weighted by atomic mass is 9.98. The van der Waals surface area contributed by atoms with E-state index >= 15 is 0 Å². The van der Waals surface area contributed by atoms with Crippen LogP contribution in [0.5, 0.6) is 0 Å². The Balaban J connectivity index is 1.70. The molecule has 0 saturated heterocycles. The normalized spacial score (nSPS) is 19.7. The van der Waals surface area contributed by atoms with E-state index in [0.717, 1.165) is 24.8 Å². The van der Waals surface area contributed by atoms with E-state index in [1.54, 1.807) is 28.5 Å². The standard InChI is InChI=1S/C24H35N7O3S/c1-23(2,3)34-22(32)31(20-10-11-29(7)27-20)19-13-17(14-30-21(19)25-15-26-30)16-8-9-18(12-16)28-35(33)24(4,5)6/h10-11,13-16,18,28H,8-9,12H2,1-7H3/t16-,18+,35-/m0/s1. The number of hydrogen-bond donors (Lipinski definition) is 1. The van der Waals surface area contributed by atoms with Crippen LogP contribution in [0.2, 0.25) is 0 Å². The molecule has 1 aliphatic carbocycles. The van der Waals surface area contributed by atoms with Gasteiger partial charge in [-0.1, -0.05) is 0 Å². The monoisotopic (exact) mass is 501 g/mol. The zero-order chi connectivity index (χ0) is 25.5. The Morgan fingerprint density at radius 3 is 2.60 bits per heavy atom. The topological polar surface area (TPSA) is 107 Å². The molecular weight excluding hydrogens is 466 g/mol. The van der Waals surface area contributed by atoms with Crippen molar-refractivity contribution in [1.29, 1.82) is 0 Å². The minimum absolute atomic E-state index is 0.160. The minimum atomic E-state index is -1.12. The Kier molecular flexibility index (Phi) is 6.76. The Hall–Kier alpha value is -2.79. The van der Waals surface area contributed by atoms with Crippen molar-refractivity contribution in [2.24, 2.45) is 7.05 Å². The molecular formula is C24H35N7O3S. The highest BCUT2D eigenvalue weighted by Crippen LogP contribution is 2.38. The predicted octanol–water partition coefficient (Wildman–Crippen LogP) is 4.22. The molecule has 3 atom stereocenters. The molecule has 0 radical (unpaired) electrons. The highest BCUT2D eigenvalue weighted by molar-refractivity contribution is 7.84. The van der Waals surface area contributed by atoms with E-state index < -0.39 is 22.7 Å². The molecule has 0 unspecified atom stereocenters. The van der Waals surface area contributed by atoms with E-state index in [1.807, 2.05) is 53.8 Å². The summed E-state index contributed by atoms with van der Waals surface area (Å²) in [5, 5.41) is 8.83. The lowest BCUT2D eigenvalue weighted by molar-refractivity contribution is 0.0598. The molecule has 0 aliphatic heterocycles. The summed E-state index contributed by atoms with van der Waals surface area (Å²) in [6, 6.07) is 3.91. The van der Waals surface area contributed by atoms with Gasteiger partial charge in [-0.25, -0.2) is 28.1 Å². The zero-order valence-electron chi connectivity index (χ0n) is 21.5. The van der Waals surface area contributed by atoms with Gasteiger partial charge in [-0.05, 0) is 78.4 Å². The molecule has 1 amide bonds. The number of nitrogens with zero attached hydrogens (tertiary/aromatic N) is 6. The lowest BCUT2D eigenvalue weighted by Gasteiger charge is -2.27. The van der Waals surface area contributed by atoms with Gasteiger partial charge in [0, 0.05) is 31.5 Å². The van der Waals surface area contributed by atoms with Gasteiger partial charge in [0.15, 0.2) is 11.5 Å². The second kappa shape index (κ2) is 9.34. The summed E-state index contributed by atoms with van der Waals surface area (Å²) in [5.74, 6) is 0.663. The number of ether oxygens (including phenoxy) is 1. The molecule has 10 nitrogen and oxygen atoms in total. The molecule has 1 saturated carbocycles. The van der Waals surface area contributed by atoms with Crippen LogP contribution in [0.4, 0.5) is 16.3 Å². The van der Waals surface area contributed by atoms with Gasteiger partial charge in [0.25, 0.3) is 0 Å². The first-order valence-corrected chi connectivity index (χ1v) is 13.0. The van der Waals surface area contributed by atoms with Gasteiger partial charge < -0.3 is 4.74 Å². The van der Waals surface area contributed by atoms with Crippen LogP contribution in [-0.2, 0) is 22.8 Å². The van der Waals surface area contributed by atoms with Crippen LogP contribution >= 0.6 is 0 Å². The number of hydrogen-bond acceptors (Lipinski definition) is 6. The van der Waals surface area contributed by atoms with Gasteiger partial charge in [-0.15, -0.1) is 0 Å². The predicted molar refractivity (Wildman–Crippen MR) is 136 cm³/mol. The first-order chi connectivity index (χ1) is 16.3. The van der Waals surface area contributed by atoms with Gasteiger partial charge in [0.05, 0.1) is 21.4 Å². The number of carbonyl (C=O) groups excluding carboxylic acids is 1. The lowest BCUT2D eigenvalue weighted by Crippen LogP contribution is -2.38. The van der Waals surface area contributed by atoms with Crippen LogP contribution in [0.3, 0.4) is 0 Å². The second-order valence-corrected chi connectivity index (χ2v) is 13.1. The molecule has 35 heavy (non-hydrogen) atoms. The SMILES string of the molecule is Cn1ccc(N(C(=O)OC(C)(C)C)c2cc([C@H]3CC[C@@H](N[S@@](=O)C(C)(C)C)C3)cn3ncnc23)n1. The summed E-state index contributed by atoms with van der Waals surface area (Å²) >= 11 is 0. The van der Waals surface area contributed by atoms with Crippen LogP contribution in [0, 0.1) is 0 Å². The third kappa shape index (κ3) is 5.72. The van der Waals surface area contributed by atoms with Crippen molar-refractivity contribution < 1.29 is 13.7 Å². The van der Waals surface area contributed by atoms with Gasteiger partial charge in [-0.3, -0.25) is 4.68 Å². The van der Waals surface area contributed by atoms with E-state index in [2.05, 4.69) is 19.9 Å². The molecule has 3 heterocycles. The van der Waals surface area contributed by atoms with E-state index in [0.29, 0.717) is 17.2 Å². The second-order valence-electron chi connectivity index (χ2n) is 11.1. The zero-order valence-corrected chi connectivity index (χ0v) is 22.3. The largest absolute Gasteiger partial charge is 0.443 e. The third-order valence-corrected chi connectivity index (χ3v) is 7.52. The van der Waals surface area contributed by atoms with Gasteiger partial charge in [0.1, 0.15) is 11.9 Å². The molecule has 3 aromatic rings. The summed E-state index contributed by atoms with van der Waals surface area (Å²) in [6.45, 7) is 11.4. The van der Waals surface area contributed by atoms with Crippen molar-refractivity contribution in [3.8, 4) is 0 Å². The van der Waals surface area contributed by atoms with E-state index in [-0.39, 0.29) is 16.7 Å². The van der Waals surface area contributed by atoms with Crippen LogP contribution in [0.15, 0.2) is 30.9 Å². The van der Waals surface area contributed by atoms with Gasteiger partial charge in [0.2, 0.25) is 0 Å². The Morgan fingerprint density at radius 1 is 1.23 bits per heavy atom. The molecule has 1 N–H and O–H groups in total. The van der Waals surface area contributed by atoms with Crippen molar-refractivity contribution in [2.45, 2.75) is 83.1 Å². The maximum atomic E-state index is 13.4. The number of rotatable bonds is 5. The van der Waals surface area contributed by atoms with Crippen LogP contribution < -0.4 is 9.62 Å². The molecule has 1 fully saturated rings. The third-order valence-electron chi connectivity index (χ3n) is 5.86. The van der Waals surface area contributed by atoms with Crippen molar-refractivity contribution in [3.63, 3.8) is 0 Å². The maximum absolute atomic E-state index is 13.4. The number of anilines is 2. The quantitative estimate of drug-likeness (QED) is 0.561. The van der Waals surface area contributed by atoms with Crippen molar-refractivity contribution in [2.75, 3.05) is 4.90 Å². The van der Waals surface area contributed by atoms with Crippen LogP contribution in [0.25, 0.3) is 5.65 Å². The summed E-state index contributed by atoms with van der Waals surface area (Å²) < 4.78 is 24.7. The average Bonchev–Trinajstić information content (AvgIpc) is 3.47. The van der Waals surface area contributed by atoms with E-state index in [4.69, 9.17) is 4.74 Å². The Bertz CT molecular complexity index is 1240. The van der Waals surface area contributed by atoms with Gasteiger partial charge in [-0.2, -0.15) is 10.2 Å². The number of fused-ring (bicyclic) bond motifs is 1. The molecule has 1 aliphatic rings. The molecule has 0 bridgehead atoms. The summed E-state index contributed by atoms with van der Waals surface area (Å²) in [4.78, 5) is 19.3. The average molecular weight is 502 g/mol. The first kappa shape index (κ1) is 25.3. The number of aryl methyl sites for hydroxylation is 1. The minimum Gasteiger partial charge on any atom is -0.443 e. The highest BCUT2D eigenvalue weighted by Gasteiger charge is 2.33. The maximum Gasteiger partial charge on any atom is 0.420 e. The summed E-state index contributed by atoms with van der Waals surface area (Å²) in [6.07, 6.45) is 7.38. The summed E-state index contributed by atoms with van der Waals surface area (Å²) in [5.41, 5.74) is 1.45. The number of pyridine rings is 1. The fourth-order valence-electron chi connectivity index (χ4n) is 4.18. The molecule has 0 spiro atoms. The fourth-order valence-corrected chi connectivity index (χ4v) is 5.05. The first-order valence-electron chi connectivity index (χ1n) is 11.9. The number of carbonyl (C=O) groups is 1. The van der Waals surface area contributed by atoms with Crippen molar-refractivity contribution in [3.05, 3.63) is 36.4 Å². The van der Waals surface area contributed by atoms with E-state index in [9.17, 15) is 9.00 Å². The number of nitrogens with one attached hydrogen (secondary N) is 1. The van der Waals surface area contributed by atoms with E-state index in [1.165, 1.54) is 11.2 Å². The van der Waals surface area contributed by atoms with Crippen molar-refractivity contribution >= 4 is 34.2 Å². The van der Waals surface area contributed by atoms with Crippen LogP contribution in [-0.4, -0.2) is 51.1 Å². The van der Waals surface area contributed by atoms with Crippen LogP contribution in [0.1, 0.15) is 72.3 Å². The molecule has 190 valence electrons. The highest BCUT2D eigenvalue weighted by atomic mass is 32.2.